The molecule has 0 unspecified atom stereocenters. The lowest BCUT2D eigenvalue weighted by Crippen LogP contribution is -2.49. The Morgan fingerprint density at radius 2 is 2.00 bits per heavy atom. The number of carbonyl (C=O) groups is 1. The monoisotopic (exact) mass is 309 g/mol. The van der Waals surface area contributed by atoms with Crippen molar-refractivity contribution in [1.82, 2.24) is 14.9 Å². The van der Waals surface area contributed by atoms with E-state index in [1.165, 1.54) is 18.5 Å². The smallest absolute Gasteiger partial charge is 0.260 e. The van der Waals surface area contributed by atoms with Crippen LogP contribution >= 0.6 is 0 Å². The van der Waals surface area contributed by atoms with E-state index < -0.39 is 0 Å². The van der Waals surface area contributed by atoms with Crippen LogP contribution in [0.25, 0.3) is 0 Å². The van der Waals surface area contributed by atoms with E-state index in [9.17, 15) is 9.59 Å². The number of carbonyl (C=O) groups excluding carboxylic acids is 1. The van der Waals surface area contributed by atoms with Gasteiger partial charge in [-0.25, -0.2) is 4.98 Å². The van der Waals surface area contributed by atoms with Gasteiger partial charge in [0.1, 0.15) is 17.5 Å². The first kappa shape index (κ1) is 14.8. The van der Waals surface area contributed by atoms with Crippen molar-refractivity contribution < 1.29 is 4.79 Å². The molecule has 2 aromatic rings. The number of hydrogen-bond acceptors (Lipinski definition) is 5. The highest BCUT2D eigenvalue weighted by molar-refractivity contribution is 5.93. The maximum absolute atomic E-state index is 12.4. The lowest BCUT2D eigenvalue weighted by molar-refractivity contribution is 0.0744. The Balaban J connectivity index is 1.66. The molecule has 3 rings (SSSR count). The highest BCUT2D eigenvalue weighted by Gasteiger charge is 2.24. The summed E-state index contributed by atoms with van der Waals surface area (Å²) in [5.74, 6) is 0.535. The molecule has 1 fully saturated rings. The third kappa shape index (κ3) is 3.06. The predicted molar refractivity (Wildman–Crippen MR) is 84.1 cm³/mol. The second kappa shape index (κ2) is 6.32. The van der Waals surface area contributed by atoms with Gasteiger partial charge in [-0.2, -0.15) is 5.26 Å². The second-order valence-electron chi connectivity index (χ2n) is 5.21. The minimum absolute atomic E-state index is 0.164. The normalized spacial score (nSPS) is 14.4. The third-order valence-electron chi connectivity index (χ3n) is 3.82. The molecular weight excluding hydrogens is 294 g/mol. The van der Waals surface area contributed by atoms with Gasteiger partial charge in [-0.3, -0.25) is 9.59 Å². The summed E-state index contributed by atoms with van der Waals surface area (Å²) in [5, 5.41) is 8.79. The molecule has 7 heteroatoms. The second-order valence-corrected chi connectivity index (χ2v) is 5.21. The number of amides is 1. The average molecular weight is 309 g/mol. The van der Waals surface area contributed by atoms with Crippen LogP contribution in [0, 0.1) is 11.3 Å². The molecular formula is C16H15N5O2. The number of rotatable bonds is 2. The van der Waals surface area contributed by atoms with E-state index in [4.69, 9.17) is 5.26 Å². The molecule has 1 aliphatic rings. The molecule has 0 aliphatic carbocycles. The molecule has 0 bridgehead atoms. The van der Waals surface area contributed by atoms with Crippen LogP contribution < -0.4 is 10.5 Å². The first-order valence-corrected chi connectivity index (χ1v) is 7.27. The van der Waals surface area contributed by atoms with Gasteiger partial charge in [0, 0.05) is 38.6 Å². The van der Waals surface area contributed by atoms with E-state index in [0.717, 1.165) is 5.82 Å². The van der Waals surface area contributed by atoms with E-state index in [1.54, 1.807) is 23.1 Å². The molecule has 0 aromatic carbocycles. The van der Waals surface area contributed by atoms with Crippen LogP contribution in [0.3, 0.4) is 0 Å². The van der Waals surface area contributed by atoms with Crippen LogP contribution in [-0.2, 0) is 0 Å². The van der Waals surface area contributed by atoms with Crippen LogP contribution in [-0.4, -0.2) is 47.0 Å². The molecule has 1 saturated heterocycles. The van der Waals surface area contributed by atoms with Crippen molar-refractivity contribution in [1.29, 1.82) is 5.26 Å². The van der Waals surface area contributed by atoms with Gasteiger partial charge < -0.3 is 14.8 Å². The lowest BCUT2D eigenvalue weighted by atomic mass is 10.2. The molecule has 0 radical (unpaired) electrons. The van der Waals surface area contributed by atoms with E-state index in [-0.39, 0.29) is 17.0 Å². The summed E-state index contributed by atoms with van der Waals surface area (Å²) in [5.41, 5.74) is 0.317. The van der Waals surface area contributed by atoms with E-state index >= 15 is 0 Å². The fraction of sp³-hybridized carbons (Fsp3) is 0.250. The van der Waals surface area contributed by atoms with Crippen LogP contribution in [0.1, 0.15) is 15.9 Å². The van der Waals surface area contributed by atoms with Crippen LogP contribution in [0.2, 0.25) is 0 Å². The van der Waals surface area contributed by atoms with Crippen molar-refractivity contribution in [3.8, 4) is 6.07 Å². The van der Waals surface area contributed by atoms with Crippen molar-refractivity contribution in [2.75, 3.05) is 31.1 Å². The van der Waals surface area contributed by atoms with Crippen molar-refractivity contribution in [3.63, 3.8) is 0 Å². The topological polar surface area (TPSA) is 93.1 Å². The fourth-order valence-electron chi connectivity index (χ4n) is 2.54. The highest BCUT2D eigenvalue weighted by atomic mass is 16.2. The zero-order valence-electron chi connectivity index (χ0n) is 12.4. The van der Waals surface area contributed by atoms with Gasteiger partial charge in [0.2, 0.25) is 0 Å². The van der Waals surface area contributed by atoms with Gasteiger partial charge in [-0.1, -0.05) is 0 Å². The number of aromatic nitrogens is 2. The van der Waals surface area contributed by atoms with Gasteiger partial charge in [0.05, 0.1) is 5.56 Å². The largest absolute Gasteiger partial charge is 0.353 e. The molecule has 1 aliphatic heterocycles. The van der Waals surface area contributed by atoms with Gasteiger partial charge in [-0.15, -0.1) is 0 Å². The van der Waals surface area contributed by atoms with E-state index in [1.807, 2.05) is 6.07 Å². The van der Waals surface area contributed by atoms with Crippen molar-refractivity contribution in [2.24, 2.45) is 0 Å². The summed E-state index contributed by atoms with van der Waals surface area (Å²) in [6.07, 6.45) is 3.05. The lowest BCUT2D eigenvalue weighted by Gasteiger charge is -2.35. The Morgan fingerprint density at radius 1 is 1.22 bits per heavy atom. The minimum Gasteiger partial charge on any atom is -0.353 e. The molecule has 3 heterocycles. The van der Waals surface area contributed by atoms with E-state index in [2.05, 4.69) is 14.9 Å². The molecule has 0 atom stereocenters. The van der Waals surface area contributed by atoms with Crippen molar-refractivity contribution in [3.05, 3.63) is 58.1 Å². The predicted octanol–water partition coefficient (Wildman–Crippen LogP) is 0.604. The summed E-state index contributed by atoms with van der Waals surface area (Å²) in [6.45, 7) is 2.31. The maximum atomic E-state index is 12.4. The molecule has 116 valence electrons. The zero-order valence-corrected chi connectivity index (χ0v) is 12.4. The molecule has 1 N–H and O–H groups in total. The molecule has 0 spiro atoms. The summed E-state index contributed by atoms with van der Waals surface area (Å²) >= 11 is 0. The number of pyridine rings is 2. The number of H-pyrrole nitrogens is 1. The first-order valence-electron chi connectivity index (χ1n) is 7.27. The zero-order chi connectivity index (χ0) is 16.2. The minimum atomic E-state index is -0.367. The Labute approximate surface area is 132 Å². The quantitative estimate of drug-likeness (QED) is 0.877. The molecule has 23 heavy (non-hydrogen) atoms. The number of anilines is 1. The summed E-state index contributed by atoms with van der Waals surface area (Å²) < 4.78 is 0. The number of nitrogens with zero attached hydrogens (tertiary/aromatic N) is 4. The SMILES string of the molecule is N#Cc1ccc(N2CCN(C(=O)c3ccc[nH]c3=O)CC2)nc1. The Bertz CT molecular complexity index is 798. The fourth-order valence-corrected chi connectivity index (χ4v) is 2.54. The van der Waals surface area contributed by atoms with Crippen molar-refractivity contribution >= 4 is 11.7 Å². The van der Waals surface area contributed by atoms with Gasteiger partial charge in [0.15, 0.2) is 0 Å². The summed E-state index contributed by atoms with van der Waals surface area (Å²) in [6, 6.07) is 8.75. The molecule has 7 nitrogen and oxygen atoms in total. The van der Waals surface area contributed by atoms with Crippen LogP contribution in [0.15, 0.2) is 41.5 Å². The van der Waals surface area contributed by atoms with Crippen LogP contribution in [0.5, 0.6) is 0 Å². The average Bonchev–Trinajstić information content (AvgIpc) is 2.62. The number of piperazine rings is 1. The van der Waals surface area contributed by atoms with Crippen LogP contribution in [0.4, 0.5) is 5.82 Å². The molecule has 0 saturated carbocycles. The number of aromatic amines is 1. The summed E-state index contributed by atoms with van der Waals surface area (Å²) in [4.78, 5) is 34.6. The van der Waals surface area contributed by atoms with Gasteiger partial charge in [0.25, 0.3) is 11.5 Å². The Morgan fingerprint density at radius 3 is 2.61 bits per heavy atom. The first-order chi connectivity index (χ1) is 11.2. The van der Waals surface area contributed by atoms with E-state index in [0.29, 0.717) is 31.7 Å². The standard InChI is InChI=1S/C16H15N5O2/c17-10-12-3-4-14(19-11-12)20-6-8-21(9-7-20)16(23)13-2-1-5-18-15(13)22/h1-5,11H,6-9H2,(H,18,22). The molecule has 1 amide bonds. The Hall–Kier alpha value is -3.14. The number of nitrogens with one attached hydrogen (secondary N) is 1. The van der Waals surface area contributed by atoms with Gasteiger partial charge in [-0.05, 0) is 24.3 Å². The highest BCUT2D eigenvalue weighted by Crippen LogP contribution is 2.14. The summed E-state index contributed by atoms with van der Waals surface area (Å²) in [7, 11) is 0. The third-order valence-corrected chi connectivity index (χ3v) is 3.82. The number of hydrogen-bond donors (Lipinski definition) is 1. The maximum Gasteiger partial charge on any atom is 0.260 e. The number of nitriles is 1. The molecule has 2 aromatic heterocycles. The van der Waals surface area contributed by atoms with Gasteiger partial charge >= 0.3 is 0 Å². The van der Waals surface area contributed by atoms with Crippen molar-refractivity contribution in [2.45, 2.75) is 0 Å². The Kier molecular flexibility index (Phi) is 4.06.